The van der Waals surface area contributed by atoms with Crippen LogP contribution in [-0.4, -0.2) is 16.5 Å². The Hall–Kier alpha value is -2.03. The van der Waals surface area contributed by atoms with E-state index in [0.29, 0.717) is 11.1 Å². The molecule has 0 heterocycles. The normalized spacial score (nSPS) is 11.2. The zero-order valence-corrected chi connectivity index (χ0v) is 12.6. The molecule has 0 bridgehead atoms. The molecule has 0 saturated heterocycles. The molecule has 108 valence electrons. The largest absolute Gasteiger partial charge is 0.338 e. The van der Waals surface area contributed by atoms with Gasteiger partial charge < -0.3 is 4.89 Å². The second-order valence-corrected chi connectivity index (χ2v) is 6.97. The van der Waals surface area contributed by atoms with Crippen molar-refractivity contribution in [3.63, 3.8) is 0 Å². The first-order chi connectivity index (χ1) is 9.82. The van der Waals surface area contributed by atoms with E-state index in [1.54, 1.807) is 0 Å². The van der Waals surface area contributed by atoms with Crippen molar-refractivity contribution in [3.8, 4) is 0 Å². The fraction of sp³-hybridized carbons (Fsp3) is 0.125. The van der Waals surface area contributed by atoms with Crippen LogP contribution in [0.3, 0.4) is 0 Å². The third kappa shape index (κ3) is 3.18. The summed E-state index contributed by atoms with van der Waals surface area (Å²) in [5, 5.41) is 0.506. The Balaban J connectivity index is 2.38. The Labute approximate surface area is 122 Å². The third-order valence-electron chi connectivity index (χ3n) is 3.25. The Morgan fingerprint density at radius 2 is 1.05 bits per heavy atom. The zero-order valence-electron chi connectivity index (χ0n) is 11.7. The maximum atomic E-state index is 12.6. The fourth-order valence-corrected chi connectivity index (χ4v) is 3.35. The molecule has 0 aliphatic carbocycles. The lowest BCUT2D eigenvalue weighted by Gasteiger charge is -2.12. The lowest BCUT2D eigenvalue weighted by molar-refractivity contribution is 0.100. The summed E-state index contributed by atoms with van der Waals surface area (Å²) in [4.78, 5) is 32.7. The molecule has 21 heavy (non-hydrogen) atoms. The smallest absolute Gasteiger partial charge is 0.258 e. The van der Waals surface area contributed by atoms with Gasteiger partial charge in [-0.15, -0.1) is 0 Å². The van der Waals surface area contributed by atoms with Crippen LogP contribution in [0.5, 0.6) is 0 Å². The van der Waals surface area contributed by atoms with Crippen molar-refractivity contribution in [2.75, 3.05) is 0 Å². The first-order valence-electron chi connectivity index (χ1n) is 6.38. The molecule has 0 spiro atoms. The Bertz CT molecular complexity index is 668. The summed E-state index contributed by atoms with van der Waals surface area (Å²) >= 11 is 0. The van der Waals surface area contributed by atoms with Crippen LogP contribution >= 0.6 is 7.37 Å². The number of hydrogen-bond acceptors (Lipinski definition) is 3. The lowest BCUT2D eigenvalue weighted by atomic mass is 10.1. The Kier molecular flexibility index (Phi) is 4.21. The van der Waals surface area contributed by atoms with E-state index in [4.69, 9.17) is 0 Å². The van der Waals surface area contributed by atoms with Gasteiger partial charge in [-0.05, 0) is 38.1 Å². The second-order valence-electron chi connectivity index (χ2n) is 4.78. The minimum absolute atomic E-state index is 0.0971. The molecule has 1 N–H and O–H groups in total. The number of benzene rings is 2. The molecule has 0 amide bonds. The molecule has 2 aromatic rings. The number of Topliss-reactive ketones (excluding diaryl/α,β-unsaturated/α-hetero) is 2. The highest BCUT2D eigenvalue weighted by atomic mass is 31.2. The molecule has 0 aliphatic rings. The van der Waals surface area contributed by atoms with E-state index in [9.17, 15) is 19.0 Å². The summed E-state index contributed by atoms with van der Waals surface area (Å²) in [7, 11) is -3.72. The van der Waals surface area contributed by atoms with Crippen molar-refractivity contribution in [1.82, 2.24) is 0 Å². The van der Waals surface area contributed by atoms with Crippen LogP contribution in [0.4, 0.5) is 0 Å². The minimum Gasteiger partial charge on any atom is -0.338 e. The van der Waals surface area contributed by atoms with Gasteiger partial charge in [-0.2, -0.15) is 0 Å². The average molecular weight is 302 g/mol. The minimum atomic E-state index is -3.72. The molecule has 0 aliphatic heterocycles. The first kappa shape index (κ1) is 15.4. The summed E-state index contributed by atoms with van der Waals surface area (Å²) in [5.41, 5.74) is 0.983. The fourth-order valence-electron chi connectivity index (χ4n) is 1.95. The molecule has 0 radical (unpaired) electrons. The van der Waals surface area contributed by atoms with Crippen molar-refractivity contribution in [3.05, 3.63) is 59.7 Å². The first-order valence-corrected chi connectivity index (χ1v) is 8.04. The number of carbonyl (C=O) groups excluding carboxylic acids is 2. The summed E-state index contributed by atoms with van der Waals surface area (Å²) in [6, 6.07) is 12.1. The molecule has 0 fully saturated rings. The highest BCUT2D eigenvalue weighted by Crippen LogP contribution is 2.38. The van der Waals surface area contributed by atoms with E-state index >= 15 is 0 Å². The van der Waals surface area contributed by atoms with Crippen molar-refractivity contribution < 1.29 is 19.0 Å². The van der Waals surface area contributed by atoms with Crippen molar-refractivity contribution in [2.24, 2.45) is 0 Å². The van der Waals surface area contributed by atoms with Gasteiger partial charge in [-0.3, -0.25) is 14.2 Å². The van der Waals surface area contributed by atoms with Gasteiger partial charge in [0.1, 0.15) is 0 Å². The standard InChI is InChI=1S/C16H15O4P/c1-11(17)13-3-7-15(8-4-13)21(19,20)16-9-5-14(6-10-16)12(2)18/h3-10H,1-2H3,(H,19,20). The van der Waals surface area contributed by atoms with Gasteiger partial charge in [0.15, 0.2) is 11.6 Å². The molecular weight excluding hydrogens is 287 g/mol. The Morgan fingerprint density at radius 1 is 0.762 bits per heavy atom. The van der Waals surface area contributed by atoms with E-state index in [-0.39, 0.29) is 22.2 Å². The average Bonchev–Trinajstić information content (AvgIpc) is 2.47. The Morgan fingerprint density at radius 3 is 1.29 bits per heavy atom. The molecule has 2 aromatic carbocycles. The van der Waals surface area contributed by atoms with E-state index < -0.39 is 7.37 Å². The van der Waals surface area contributed by atoms with E-state index in [1.807, 2.05) is 0 Å². The highest BCUT2D eigenvalue weighted by Gasteiger charge is 2.24. The van der Waals surface area contributed by atoms with Crippen LogP contribution in [0.1, 0.15) is 34.6 Å². The molecule has 0 aromatic heterocycles. The van der Waals surface area contributed by atoms with E-state index in [1.165, 1.54) is 62.4 Å². The summed E-state index contributed by atoms with van der Waals surface area (Å²) < 4.78 is 12.6. The van der Waals surface area contributed by atoms with Crippen LogP contribution in [0.2, 0.25) is 0 Å². The topological polar surface area (TPSA) is 71.4 Å². The monoisotopic (exact) mass is 302 g/mol. The highest BCUT2D eigenvalue weighted by molar-refractivity contribution is 7.73. The van der Waals surface area contributed by atoms with Gasteiger partial charge in [0.25, 0.3) is 7.37 Å². The van der Waals surface area contributed by atoms with E-state index in [2.05, 4.69) is 0 Å². The van der Waals surface area contributed by atoms with Crippen molar-refractivity contribution in [1.29, 1.82) is 0 Å². The SMILES string of the molecule is CC(=O)c1ccc(P(=O)(O)c2ccc(C(C)=O)cc2)cc1. The van der Waals surface area contributed by atoms with E-state index in [0.717, 1.165) is 0 Å². The molecular formula is C16H15O4P. The van der Waals surface area contributed by atoms with Gasteiger partial charge in [0, 0.05) is 21.7 Å². The number of carbonyl (C=O) groups is 2. The van der Waals surface area contributed by atoms with Crippen LogP contribution in [0.25, 0.3) is 0 Å². The second kappa shape index (κ2) is 5.76. The van der Waals surface area contributed by atoms with Crippen molar-refractivity contribution >= 4 is 29.5 Å². The molecule has 5 heteroatoms. The molecule has 4 nitrogen and oxygen atoms in total. The molecule has 2 rings (SSSR count). The van der Waals surface area contributed by atoms with Crippen LogP contribution in [-0.2, 0) is 4.57 Å². The lowest BCUT2D eigenvalue weighted by Crippen LogP contribution is -2.16. The molecule has 0 saturated carbocycles. The quantitative estimate of drug-likeness (QED) is 0.695. The molecule has 0 unspecified atom stereocenters. The third-order valence-corrected chi connectivity index (χ3v) is 5.24. The number of rotatable bonds is 4. The van der Waals surface area contributed by atoms with Gasteiger partial charge in [-0.25, -0.2) is 0 Å². The predicted octanol–water partition coefficient (Wildman–Crippen LogP) is 2.31. The van der Waals surface area contributed by atoms with Crippen LogP contribution < -0.4 is 10.6 Å². The molecule has 0 atom stereocenters. The maximum Gasteiger partial charge on any atom is 0.258 e. The predicted molar refractivity (Wildman–Crippen MR) is 82.0 cm³/mol. The van der Waals surface area contributed by atoms with Crippen molar-refractivity contribution in [2.45, 2.75) is 13.8 Å². The van der Waals surface area contributed by atoms with Crippen LogP contribution in [0.15, 0.2) is 48.5 Å². The summed E-state index contributed by atoms with van der Waals surface area (Å²) in [6.07, 6.45) is 0. The maximum absolute atomic E-state index is 12.6. The number of hydrogen-bond donors (Lipinski definition) is 1. The van der Waals surface area contributed by atoms with Crippen LogP contribution in [0, 0.1) is 0 Å². The summed E-state index contributed by atoms with van der Waals surface area (Å²) in [6.45, 7) is 2.88. The van der Waals surface area contributed by atoms with Gasteiger partial charge >= 0.3 is 0 Å². The zero-order chi connectivity index (χ0) is 15.6. The van der Waals surface area contributed by atoms with Gasteiger partial charge in [-0.1, -0.05) is 24.3 Å². The van der Waals surface area contributed by atoms with Gasteiger partial charge in [0.05, 0.1) is 0 Å². The summed E-state index contributed by atoms with van der Waals surface area (Å²) in [5.74, 6) is -0.194. The number of ketones is 2. The van der Waals surface area contributed by atoms with Gasteiger partial charge in [0.2, 0.25) is 0 Å².